The van der Waals surface area contributed by atoms with Crippen molar-refractivity contribution in [2.45, 2.75) is 32.6 Å². The van der Waals surface area contributed by atoms with E-state index < -0.39 is 0 Å². The summed E-state index contributed by atoms with van der Waals surface area (Å²) < 4.78 is 0. The number of halogens is 1. The van der Waals surface area contributed by atoms with Crippen molar-refractivity contribution >= 4 is 27.7 Å². The predicted molar refractivity (Wildman–Crippen MR) is 78.8 cm³/mol. The molecule has 1 heterocycles. The van der Waals surface area contributed by atoms with Crippen LogP contribution >= 0.6 is 15.9 Å². The number of fused-ring (bicyclic) bond motifs is 1. The van der Waals surface area contributed by atoms with Crippen LogP contribution in [0.15, 0.2) is 18.2 Å². The van der Waals surface area contributed by atoms with E-state index in [-0.39, 0.29) is 11.8 Å². The van der Waals surface area contributed by atoms with Gasteiger partial charge in [-0.3, -0.25) is 14.9 Å². The van der Waals surface area contributed by atoms with E-state index >= 15 is 0 Å². The lowest BCUT2D eigenvalue weighted by Crippen LogP contribution is -2.20. The highest BCUT2D eigenvalue weighted by Crippen LogP contribution is 2.24. The van der Waals surface area contributed by atoms with Gasteiger partial charge >= 0.3 is 0 Å². The molecular weight excluding hydrogens is 306 g/mol. The number of carbonyl (C=O) groups excluding carboxylic acids is 2. The Morgan fingerprint density at radius 3 is 2.68 bits per heavy atom. The lowest BCUT2D eigenvalue weighted by molar-refractivity contribution is 0.0879. The van der Waals surface area contributed by atoms with Gasteiger partial charge in [-0.15, -0.1) is 0 Å². The third kappa shape index (κ3) is 3.06. The molecule has 1 aliphatic rings. The average molecular weight is 324 g/mol. The Balaban J connectivity index is 2.14. The molecule has 1 aromatic rings. The number of hydrogen-bond donors (Lipinski definition) is 1. The Morgan fingerprint density at radius 2 is 2.00 bits per heavy atom. The maximum atomic E-state index is 11.8. The minimum Gasteiger partial charge on any atom is -0.288 e. The van der Waals surface area contributed by atoms with E-state index in [0.717, 1.165) is 23.7 Å². The third-order valence-corrected chi connectivity index (χ3v) is 4.50. The molecule has 0 fully saturated rings. The maximum Gasteiger partial charge on any atom is 0.259 e. The van der Waals surface area contributed by atoms with E-state index in [2.05, 4.69) is 28.2 Å². The van der Waals surface area contributed by atoms with Crippen LogP contribution in [0.1, 0.15) is 52.5 Å². The molecule has 1 unspecified atom stereocenters. The number of nitrogens with one attached hydrogen (secondary N) is 1. The molecule has 0 spiro atoms. The summed E-state index contributed by atoms with van der Waals surface area (Å²) in [5.74, 6) is 0.106. The highest BCUT2D eigenvalue weighted by atomic mass is 79.9. The van der Waals surface area contributed by atoms with E-state index in [4.69, 9.17) is 0 Å². The fourth-order valence-corrected chi connectivity index (χ4v) is 3.21. The number of carbonyl (C=O) groups is 2. The molecule has 0 radical (unpaired) electrons. The molecule has 0 saturated heterocycles. The van der Waals surface area contributed by atoms with Gasteiger partial charge in [0.15, 0.2) is 0 Å². The molecule has 1 atom stereocenters. The summed E-state index contributed by atoms with van der Waals surface area (Å²) in [6, 6.07) is 5.52. The molecule has 0 saturated carbocycles. The van der Waals surface area contributed by atoms with Gasteiger partial charge in [-0.25, -0.2) is 0 Å². The smallest absolute Gasteiger partial charge is 0.259 e. The molecule has 1 aliphatic heterocycles. The van der Waals surface area contributed by atoms with Crippen LogP contribution in [0.5, 0.6) is 0 Å². The lowest BCUT2D eigenvalue weighted by Gasteiger charge is -2.13. The first-order valence-corrected chi connectivity index (χ1v) is 7.83. The molecule has 3 nitrogen and oxygen atoms in total. The fraction of sp³-hybridized carbons (Fsp3) is 0.467. The van der Waals surface area contributed by atoms with Crippen molar-refractivity contribution in [3.8, 4) is 0 Å². The number of benzene rings is 1. The summed E-state index contributed by atoms with van der Waals surface area (Å²) in [5, 5.41) is 3.35. The number of rotatable bonds is 6. The molecule has 1 N–H and O–H groups in total. The van der Waals surface area contributed by atoms with Gasteiger partial charge in [0.2, 0.25) is 0 Å². The third-order valence-electron chi connectivity index (χ3n) is 3.59. The van der Waals surface area contributed by atoms with Crippen LogP contribution in [0.25, 0.3) is 0 Å². The summed E-state index contributed by atoms with van der Waals surface area (Å²) in [5.41, 5.74) is 2.09. The zero-order valence-electron chi connectivity index (χ0n) is 11.0. The summed E-state index contributed by atoms with van der Waals surface area (Å²) in [6.45, 7) is 2.18. The number of alkyl halides is 1. The van der Waals surface area contributed by atoms with Crippen molar-refractivity contribution in [1.29, 1.82) is 0 Å². The fourth-order valence-electron chi connectivity index (χ4n) is 2.57. The highest BCUT2D eigenvalue weighted by molar-refractivity contribution is 9.09. The van der Waals surface area contributed by atoms with Crippen LogP contribution in [0, 0.1) is 5.92 Å². The monoisotopic (exact) mass is 323 g/mol. The Kier molecular flexibility index (Phi) is 4.75. The van der Waals surface area contributed by atoms with Gasteiger partial charge in [-0.1, -0.05) is 41.4 Å². The van der Waals surface area contributed by atoms with E-state index in [1.807, 2.05) is 12.1 Å². The molecule has 0 aromatic heterocycles. The zero-order chi connectivity index (χ0) is 13.8. The van der Waals surface area contributed by atoms with Gasteiger partial charge in [0.1, 0.15) is 0 Å². The second kappa shape index (κ2) is 6.33. The summed E-state index contributed by atoms with van der Waals surface area (Å²) in [7, 11) is 0. The zero-order valence-corrected chi connectivity index (χ0v) is 12.6. The lowest BCUT2D eigenvalue weighted by atomic mass is 9.93. The molecule has 1 aromatic carbocycles. The minimum absolute atomic E-state index is 0.249. The first kappa shape index (κ1) is 14.3. The van der Waals surface area contributed by atoms with Gasteiger partial charge in [-0.05, 0) is 36.8 Å². The van der Waals surface area contributed by atoms with Gasteiger partial charge in [0.05, 0.1) is 11.1 Å². The average Bonchev–Trinajstić information content (AvgIpc) is 2.71. The molecule has 0 aliphatic carbocycles. The standard InChI is InChI=1S/C15H18BrNO2/c1-2-4-10(9-16)7-8-11-5-3-6-12-13(11)15(19)17-14(12)18/h3,5-6,10H,2,4,7-9H2,1H3,(H,17,18,19). The van der Waals surface area contributed by atoms with Gasteiger partial charge in [0, 0.05) is 5.33 Å². The van der Waals surface area contributed by atoms with Crippen molar-refractivity contribution in [1.82, 2.24) is 5.32 Å². The predicted octanol–water partition coefficient (Wildman–Crippen LogP) is 3.31. The number of imide groups is 1. The van der Waals surface area contributed by atoms with Crippen LogP contribution in [-0.2, 0) is 6.42 Å². The largest absolute Gasteiger partial charge is 0.288 e. The van der Waals surface area contributed by atoms with Crippen molar-refractivity contribution < 1.29 is 9.59 Å². The first-order valence-electron chi connectivity index (χ1n) is 6.70. The molecule has 19 heavy (non-hydrogen) atoms. The van der Waals surface area contributed by atoms with E-state index in [9.17, 15) is 9.59 Å². The summed E-state index contributed by atoms with van der Waals surface area (Å²) in [4.78, 5) is 23.4. The second-order valence-corrected chi connectivity index (χ2v) is 5.62. The van der Waals surface area contributed by atoms with E-state index in [0.29, 0.717) is 17.0 Å². The van der Waals surface area contributed by atoms with Crippen molar-refractivity contribution in [2.75, 3.05) is 5.33 Å². The Morgan fingerprint density at radius 1 is 1.21 bits per heavy atom. The number of amides is 2. The Labute approximate surface area is 121 Å². The molecule has 0 bridgehead atoms. The Bertz CT molecular complexity index is 499. The van der Waals surface area contributed by atoms with Crippen LogP contribution in [-0.4, -0.2) is 17.1 Å². The quantitative estimate of drug-likeness (QED) is 0.644. The minimum atomic E-state index is -0.271. The van der Waals surface area contributed by atoms with Crippen molar-refractivity contribution in [2.24, 2.45) is 5.92 Å². The number of hydrogen-bond acceptors (Lipinski definition) is 2. The molecule has 2 rings (SSSR count). The molecule has 2 amide bonds. The van der Waals surface area contributed by atoms with Gasteiger partial charge in [-0.2, -0.15) is 0 Å². The van der Waals surface area contributed by atoms with Crippen LogP contribution in [0.2, 0.25) is 0 Å². The van der Waals surface area contributed by atoms with Crippen molar-refractivity contribution in [3.05, 3.63) is 34.9 Å². The molecular formula is C15H18BrNO2. The van der Waals surface area contributed by atoms with Crippen LogP contribution in [0.3, 0.4) is 0 Å². The van der Waals surface area contributed by atoms with Crippen LogP contribution in [0.4, 0.5) is 0 Å². The highest BCUT2D eigenvalue weighted by Gasteiger charge is 2.28. The Hall–Kier alpha value is -1.16. The summed E-state index contributed by atoms with van der Waals surface area (Å²) in [6.07, 6.45) is 4.24. The first-order chi connectivity index (χ1) is 9.17. The van der Waals surface area contributed by atoms with E-state index in [1.54, 1.807) is 6.07 Å². The SMILES string of the molecule is CCCC(CBr)CCc1cccc2c1C(=O)NC2=O. The van der Waals surface area contributed by atoms with Gasteiger partial charge < -0.3 is 0 Å². The maximum absolute atomic E-state index is 11.8. The molecule has 4 heteroatoms. The second-order valence-electron chi connectivity index (χ2n) is 4.97. The van der Waals surface area contributed by atoms with Gasteiger partial charge in [0.25, 0.3) is 11.8 Å². The van der Waals surface area contributed by atoms with E-state index in [1.165, 1.54) is 12.8 Å². The molecule has 102 valence electrons. The topological polar surface area (TPSA) is 46.2 Å². The normalized spacial score (nSPS) is 15.3. The summed E-state index contributed by atoms with van der Waals surface area (Å²) >= 11 is 3.54. The number of aryl methyl sites for hydroxylation is 1. The van der Waals surface area contributed by atoms with Crippen LogP contribution < -0.4 is 5.32 Å². The van der Waals surface area contributed by atoms with Crippen molar-refractivity contribution in [3.63, 3.8) is 0 Å².